The van der Waals surface area contributed by atoms with Gasteiger partial charge in [0.15, 0.2) is 0 Å². The van der Waals surface area contributed by atoms with Crippen molar-refractivity contribution in [3.05, 3.63) is 185 Å². The first-order chi connectivity index (χ1) is 33.9. The van der Waals surface area contributed by atoms with Crippen molar-refractivity contribution in [3.63, 3.8) is 0 Å². The third-order valence-electron chi connectivity index (χ3n) is 6.11. The summed E-state index contributed by atoms with van der Waals surface area (Å²) in [5.41, 5.74) is 20.2. The molecule has 0 unspecified atom stereocenters. The van der Waals surface area contributed by atoms with Gasteiger partial charge in [0, 0.05) is 73.0 Å². The molecule has 0 radical (unpaired) electrons. The van der Waals surface area contributed by atoms with Gasteiger partial charge in [-0.15, -0.1) is 5.11 Å². The van der Waals surface area contributed by atoms with Crippen LogP contribution in [0.1, 0.15) is 0 Å². The minimum atomic E-state index is 0.541. The van der Waals surface area contributed by atoms with Crippen LogP contribution in [0.25, 0.3) is 0 Å². The Labute approximate surface area is 405 Å². The standard InChI is InChI=1S/4C5H6N2.6C4H5N3/c1-5-4-6-2-3-7-5;1-5-2-3-6-4-7-5;1-5-6-3-2-4-7-5;1-5-3-2-4-6-7-5;1-4-6-2-5-3-7-4;1-4-2-6-7-3-5-4;1-4-2-5-3-6-7-4;2*1-4-5-2-3-6-7-4;1-4-2-3-5-7-6-4/h2-4,7H,1H2;2-4H,1H2,(H,6,7);2-4,6H,1H2;2-4,7H,1H2;2-3H,1H2,(H,5,6,7);2-3H,1H2,(H,5,7);3*2-3,7H,1H2;2-3H,1H2,(H,5,6). The molecular formula is C44H54N26. The molecule has 360 valence electrons. The summed E-state index contributed by atoms with van der Waals surface area (Å²) in [4.78, 5) is 33.7. The van der Waals surface area contributed by atoms with Gasteiger partial charge in [-0.05, 0) is 30.4 Å². The lowest BCUT2D eigenvalue weighted by Crippen LogP contribution is -2.10. The average molecular weight is 947 g/mol. The van der Waals surface area contributed by atoms with Crippen molar-refractivity contribution in [2.75, 3.05) is 0 Å². The van der Waals surface area contributed by atoms with Crippen LogP contribution >= 0.6 is 0 Å². The van der Waals surface area contributed by atoms with Crippen molar-refractivity contribution in [2.45, 2.75) is 0 Å². The molecule has 0 aromatic carbocycles. The first kappa shape index (κ1) is 57.1. The number of aliphatic imine (C=N–C) groups is 9. The maximum Gasteiger partial charge on any atom is 0.148 e. The Balaban J connectivity index is 0.000000389. The molecule has 0 saturated heterocycles. The quantitative estimate of drug-likeness (QED) is 0.165. The van der Waals surface area contributed by atoms with Gasteiger partial charge in [0.1, 0.15) is 36.0 Å². The van der Waals surface area contributed by atoms with Crippen LogP contribution in [-0.4, -0.2) is 87.6 Å². The summed E-state index contributed by atoms with van der Waals surface area (Å²) in [5.74, 6) is 2.41. The molecule has 0 aromatic rings. The van der Waals surface area contributed by atoms with Crippen LogP contribution in [0.5, 0.6) is 0 Å². The smallest absolute Gasteiger partial charge is 0.148 e. The van der Waals surface area contributed by atoms with E-state index >= 15 is 0 Å². The number of nitrogens with zero attached hydrogens (tertiary/aromatic N) is 16. The van der Waals surface area contributed by atoms with E-state index in [2.05, 4.69) is 200 Å². The molecule has 26 heteroatoms. The third kappa shape index (κ3) is 37.6. The second kappa shape index (κ2) is 39.7. The Bertz CT molecular complexity index is 2000. The molecule has 10 heterocycles. The zero-order valence-corrected chi connectivity index (χ0v) is 38.1. The summed E-state index contributed by atoms with van der Waals surface area (Å²) in [6.45, 7) is 35.5. The largest absolute Gasteiger partial charge is 0.359 e. The molecule has 70 heavy (non-hydrogen) atoms. The van der Waals surface area contributed by atoms with E-state index < -0.39 is 0 Å². The first-order valence-corrected chi connectivity index (χ1v) is 19.5. The molecule has 26 nitrogen and oxygen atoms in total. The lowest BCUT2D eigenvalue weighted by Gasteiger charge is -1.98. The molecule has 10 N–H and O–H groups in total. The van der Waals surface area contributed by atoms with E-state index in [1.54, 1.807) is 105 Å². The monoisotopic (exact) mass is 947 g/mol. The SMILES string of the molecule is C=C1C=CC=NN1.C=C1C=CN=CN1.C=C1C=CN=NN1.C=C1C=NC=CN1.C=C1C=NC=NN1.C=C1C=NNC=N1.C=C1N=CC=CN1.C=C1N=CC=NN1.C=C1N=CC=NN1.C=C1N=CNC=N1. The van der Waals surface area contributed by atoms with Crippen LogP contribution < -0.4 is 53.8 Å². The van der Waals surface area contributed by atoms with Crippen molar-refractivity contribution in [1.82, 2.24) is 53.8 Å². The second-order valence-electron chi connectivity index (χ2n) is 11.8. The Hall–Kier alpha value is -10.9. The highest BCUT2D eigenvalue weighted by atomic mass is 15.4. The lowest BCUT2D eigenvalue weighted by molar-refractivity contribution is 0.816. The minimum Gasteiger partial charge on any atom is -0.359 e. The van der Waals surface area contributed by atoms with Gasteiger partial charge in [0.05, 0.1) is 67.2 Å². The fourth-order valence-electron chi connectivity index (χ4n) is 3.18. The summed E-state index contributed by atoms with van der Waals surface area (Å²) in [6.07, 6.45) is 39.6. The van der Waals surface area contributed by atoms with Gasteiger partial charge in [-0.3, -0.25) is 37.5 Å². The number of hydrazone groups is 5. The Kier molecular flexibility index (Phi) is 32.3. The van der Waals surface area contributed by atoms with Crippen molar-refractivity contribution >= 4 is 87.6 Å². The van der Waals surface area contributed by atoms with Crippen LogP contribution in [0.4, 0.5) is 0 Å². The van der Waals surface area contributed by atoms with Crippen LogP contribution in [-0.2, 0) is 0 Å². The highest BCUT2D eigenvalue weighted by Gasteiger charge is 1.89. The van der Waals surface area contributed by atoms with Gasteiger partial charge in [-0.2, -0.15) is 25.5 Å². The molecule has 0 spiro atoms. The average Bonchev–Trinajstić information content (AvgIpc) is 3.38. The molecule has 0 atom stereocenters. The van der Waals surface area contributed by atoms with Crippen molar-refractivity contribution in [2.24, 2.45) is 80.8 Å². The summed E-state index contributed by atoms with van der Waals surface area (Å²) in [6, 6.07) is 0. The van der Waals surface area contributed by atoms with E-state index in [-0.39, 0.29) is 0 Å². The van der Waals surface area contributed by atoms with Crippen LogP contribution in [0.15, 0.2) is 265 Å². The molecule has 0 amide bonds. The maximum atomic E-state index is 3.81. The second-order valence-corrected chi connectivity index (χ2v) is 11.8. The van der Waals surface area contributed by atoms with Crippen molar-refractivity contribution < 1.29 is 0 Å². The van der Waals surface area contributed by atoms with E-state index in [9.17, 15) is 0 Å². The molecule has 0 aromatic heterocycles. The van der Waals surface area contributed by atoms with Gasteiger partial charge in [0.2, 0.25) is 0 Å². The highest BCUT2D eigenvalue weighted by Crippen LogP contribution is 1.94. The van der Waals surface area contributed by atoms with Gasteiger partial charge >= 0.3 is 0 Å². The summed E-state index contributed by atoms with van der Waals surface area (Å²) < 4.78 is 0. The predicted octanol–water partition coefficient (Wildman–Crippen LogP) is 4.15. The van der Waals surface area contributed by atoms with E-state index in [1.807, 2.05) is 18.2 Å². The highest BCUT2D eigenvalue weighted by molar-refractivity contribution is 6.17. The summed E-state index contributed by atoms with van der Waals surface area (Å²) in [7, 11) is 0. The fraction of sp³-hybridized carbons (Fsp3) is 0. The van der Waals surface area contributed by atoms with Crippen LogP contribution in [0.3, 0.4) is 0 Å². The summed E-state index contributed by atoms with van der Waals surface area (Å²) >= 11 is 0. The van der Waals surface area contributed by atoms with E-state index in [0.29, 0.717) is 29.0 Å². The molecule has 0 bridgehead atoms. The number of allylic oxidation sites excluding steroid dienone is 8. The number of nitrogens with one attached hydrogen (secondary N) is 10. The minimum absolute atomic E-state index is 0.541. The molecule has 0 aliphatic carbocycles. The predicted molar refractivity (Wildman–Crippen MR) is 292 cm³/mol. The van der Waals surface area contributed by atoms with E-state index in [4.69, 9.17) is 0 Å². The Morgan fingerprint density at radius 1 is 0.386 bits per heavy atom. The van der Waals surface area contributed by atoms with E-state index in [0.717, 1.165) is 28.5 Å². The third-order valence-corrected chi connectivity index (χ3v) is 6.11. The van der Waals surface area contributed by atoms with Gasteiger partial charge < -0.3 is 21.3 Å². The normalized spacial score (nSPS) is 16.9. The summed E-state index contributed by atoms with van der Waals surface area (Å²) in [5, 5.41) is 36.3. The number of rotatable bonds is 0. The number of hydrogen-bond donors (Lipinski definition) is 10. The molecular weight excluding hydrogens is 893 g/mol. The lowest BCUT2D eigenvalue weighted by atomic mass is 10.4. The Morgan fingerprint density at radius 2 is 1.04 bits per heavy atom. The Morgan fingerprint density at radius 3 is 1.30 bits per heavy atom. The van der Waals surface area contributed by atoms with E-state index in [1.165, 1.54) is 25.4 Å². The van der Waals surface area contributed by atoms with Gasteiger partial charge in [-0.1, -0.05) is 71.0 Å². The number of hydrogen-bond acceptors (Lipinski definition) is 26. The molecule has 0 saturated carbocycles. The van der Waals surface area contributed by atoms with Gasteiger partial charge in [0.25, 0.3) is 0 Å². The fourth-order valence-corrected chi connectivity index (χ4v) is 3.18. The van der Waals surface area contributed by atoms with Crippen LogP contribution in [0.2, 0.25) is 0 Å². The zero-order valence-electron chi connectivity index (χ0n) is 38.1. The molecule has 0 fully saturated rings. The van der Waals surface area contributed by atoms with Crippen molar-refractivity contribution in [3.8, 4) is 0 Å². The maximum absolute atomic E-state index is 3.81. The first-order valence-electron chi connectivity index (χ1n) is 19.5. The zero-order chi connectivity index (χ0) is 51.1. The molecule has 10 rings (SSSR count). The molecule has 10 aliphatic heterocycles. The topological polar surface area (TPSA) is 318 Å². The van der Waals surface area contributed by atoms with Gasteiger partial charge in [-0.25, -0.2) is 39.9 Å². The molecule has 10 aliphatic rings. The van der Waals surface area contributed by atoms with Crippen molar-refractivity contribution in [1.29, 1.82) is 0 Å². The van der Waals surface area contributed by atoms with Crippen LogP contribution in [0, 0.1) is 0 Å².